The van der Waals surface area contributed by atoms with Gasteiger partial charge in [-0.15, -0.1) is 6.58 Å². The fraction of sp³-hybridized carbons (Fsp3) is 0.455. The van der Waals surface area contributed by atoms with Crippen LogP contribution in [0.3, 0.4) is 0 Å². The smallest absolute Gasteiger partial charge is 0.411 e. The maximum atomic E-state index is 13.6. The van der Waals surface area contributed by atoms with Crippen LogP contribution in [0.2, 0.25) is 0 Å². The van der Waals surface area contributed by atoms with Gasteiger partial charge in [-0.25, -0.2) is 13.2 Å². The average molecular weight is 511 g/mol. The molecule has 0 radical (unpaired) electrons. The van der Waals surface area contributed by atoms with E-state index in [1.54, 1.807) is 27.7 Å². The van der Waals surface area contributed by atoms with Gasteiger partial charge in [-0.3, -0.25) is 24.6 Å². The highest BCUT2D eigenvalue weighted by molar-refractivity contribution is 7.89. The molecule has 0 bridgehead atoms. The second-order valence-corrected chi connectivity index (χ2v) is 10.6. The van der Waals surface area contributed by atoms with Crippen molar-refractivity contribution in [3.63, 3.8) is 0 Å². The van der Waals surface area contributed by atoms with Crippen LogP contribution in [0, 0.1) is 10.1 Å². The summed E-state index contributed by atoms with van der Waals surface area (Å²) in [5, 5.41) is 11.5. The van der Waals surface area contributed by atoms with Gasteiger partial charge in [-0.1, -0.05) is 22.7 Å². The minimum atomic E-state index is -4.63. The van der Waals surface area contributed by atoms with E-state index in [-0.39, 0.29) is 13.2 Å². The molecule has 192 valence electrons. The molecule has 1 aromatic rings. The number of nitro groups is 1. The van der Waals surface area contributed by atoms with Crippen molar-refractivity contribution in [2.75, 3.05) is 13.2 Å². The Morgan fingerprint density at radius 1 is 1.29 bits per heavy atom. The van der Waals surface area contributed by atoms with E-state index in [1.807, 2.05) is 0 Å². The van der Waals surface area contributed by atoms with Crippen molar-refractivity contribution in [3.8, 4) is 0 Å². The van der Waals surface area contributed by atoms with E-state index in [9.17, 15) is 28.1 Å². The van der Waals surface area contributed by atoms with Crippen LogP contribution in [0.4, 0.5) is 10.5 Å². The molecule has 2 unspecified atom stereocenters. The highest BCUT2D eigenvalue weighted by atomic mass is 32.2. The van der Waals surface area contributed by atoms with E-state index < -0.39 is 55.2 Å². The van der Waals surface area contributed by atoms with E-state index in [0.29, 0.717) is 15.6 Å². The minimum Gasteiger partial charge on any atom is -0.444 e. The Morgan fingerprint density at radius 2 is 1.89 bits per heavy atom. The van der Waals surface area contributed by atoms with E-state index in [2.05, 4.69) is 6.58 Å². The first-order chi connectivity index (χ1) is 16.1. The third-order valence-corrected chi connectivity index (χ3v) is 7.00. The Kier molecular flexibility index (Phi) is 8.42. The van der Waals surface area contributed by atoms with Gasteiger partial charge < -0.3 is 10.5 Å². The third kappa shape index (κ3) is 6.05. The van der Waals surface area contributed by atoms with Crippen LogP contribution in [-0.2, 0) is 24.4 Å². The number of para-hydroxylation sites is 1. The molecule has 0 fully saturated rings. The lowest BCUT2D eigenvalue weighted by atomic mass is 9.91. The highest BCUT2D eigenvalue weighted by Crippen LogP contribution is 2.34. The number of nitrogens with two attached hydrogens (primary N) is 1. The minimum absolute atomic E-state index is 0.256. The Hall–Kier alpha value is -3.29. The molecule has 1 heterocycles. The topological polar surface area (TPSA) is 162 Å². The molecule has 0 saturated carbocycles. The number of nitrogens with zero attached hydrogens (tertiary/aromatic N) is 3. The van der Waals surface area contributed by atoms with Gasteiger partial charge in [0.15, 0.2) is 4.90 Å². The summed E-state index contributed by atoms with van der Waals surface area (Å²) in [5.74, 6) is -0.828. The number of benzene rings is 1. The van der Waals surface area contributed by atoms with E-state index in [1.165, 1.54) is 25.1 Å². The molecule has 35 heavy (non-hydrogen) atoms. The third-order valence-electron chi connectivity index (χ3n) is 5.26. The summed E-state index contributed by atoms with van der Waals surface area (Å²) in [7, 11) is -4.63. The summed E-state index contributed by atoms with van der Waals surface area (Å²) in [6, 6.07) is 2.49. The number of rotatable bonds is 8. The number of nitro benzene ring substituents is 1. The van der Waals surface area contributed by atoms with Gasteiger partial charge in [0.2, 0.25) is 5.91 Å². The summed E-state index contributed by atoms with van der Waals surface area (Å²) in [4.78, 5) is 41.9. The van der Waals surface area contributed by atoms with Crippen LogP contribution < -0.4 is 5.73 Å². The van der Waals surface area contributed by atoms with Crippen LogP contribution in [0.25, 0.3) is 0 Å². The summed E-state index contributed by atoms with van der Waals surface area (Å²) in [5.41, 5.74) is 4.73. The molecule has 1 aromatic carbocycles. The van der Waals surface area contributed by atoms with Crippen LogP contribution >= 0.6 is 0 Å². The molecule has 0 saturated heterocycles. The molecule has 2 atom stereocenters. The van der Waals surface area contributed by atoms with Crippen molar-refractivity contribution in [3.05, 3.63) is 58.2 Å². The number of hydrogen-bond donors (Lipinski definition) is 1. The SMILES string of the molecule is C=CCON(C1CN(C(=O)OC(C)(C)C)C(C(N)=O)C(C)=C1C)S(=O)(=O)c1ccccc1[N+](=O)[O-]. The molecule has 13 heteroatoms. The van der Waals surface area contributed by atoms with Gasteiger partial charge in [0.1, 0.15) is 11.6 Å². The van der Waals surface area contributed by atoms with E-state index >= 15 is 0 Å². The molecular weight excluding hydrogens is 480 g/mol. The van der Waals surface area contributed by atoms with Gasteiger partial charge in [0.25, 0.3) is 15.7 Å². The van der Waals surface area contributed by atoms with Crippen LogP contribution in [0.5, 0.6) is 0 Å². The van der Waals surface area contributed by atoms with Crippen LogP contribution in [-0.4, -0.2) is 65.5 Å². The number of amides is 2. The first kappa shape index (κ1) is 28.0. The fourth-order valence-electron chi connectivity index (χ4n) is 3.61. The molecule has 1 aliphatic rings. The number of carbonyl (C=O) groups is 2. The predicted octanol–water partition coefficient (Wildman–Crippen LogP) is 2.51. The fourth-order valence-corrected chi connectivity index (χ4v) is 5.22. The molecule has 1 aliphatic heterocycles. The standard InChI is InChI=1S/C22H30N4O8S/c1-7-12-33-26(35(31,32)18-11-9-8-10-16(18)25(29)30)17-13-24(21(28)34-22(4,5)6)19(20(23)27)15(3)14(17)2/h7-11,17,19H,1,12-13H2,2-6H3,(H2,23,27). The Labute approximate surface area is 204 Å². The molecule has 12 nitrogen and oxygen atoms in total. The molecule has 0 aromatic heterocycles. The largest absolute Gasteiger partial charge is 0.444 e. The van der Waals surface area contributed by atoms with E-state index in [0.717, 1.165) is 17.0 Å². The zero-order valence-corrected chi connectivity index (χ0v) is 21.1. The monoisotopic (exact) mass is 510 g/mol. The van der Waals surface area contributed by atoms with Crippen molar-refractivity contribution < 1.29 is 32.5 Å². The molecule has 0 spiro atoms. The van der Waals surface area contributed by atoms with Gasteiger partial charge >= 0.3 is 6.09 Å². The first-order valence-corrected chi connectivity index (χ1v) is 12.0. The molecule has 2 rings (SSSR count). The van der Waals surface area contributed by atoms with Crippen molar-refractivity contribution in [2.45, 2.75) is 57.2 Å². The number of ether oxygens (including phenoxy) is 1. The Balaban J connectivity index is 2.68. The maximum absolute atomic E-state index is 13.6. The molecule has 0 aliphatic carbocycles. The molecular formula is C22H30N4O8S. The Morgan fingerprint density at radius 3 is 2.40 bits per heavy atom. The average Bonchev–Trinajstić information content (AvgIpc) is 2.74. The number of hydroxylamine groups is 1. The maximum Gasteiger partial charge on any atom is 0.411 e. The van der Waals surface area contributed by atoms with Crippen molar-refractivity contribution >= 4 is 27.7 Å². The summed E-state index contributed by atoms with van der Waals surface area (Å²) < 4.78 is 33.3. The van der Waals surface area contributed by atoms with Gasteiger partial charge in [0.05, 0.1) is 17.6 Å². The zero-order chi connectivity index (χ0) is 26.7. The lowest BCUT2D eigenvalue weighted by molar-refractivity contribution is -0.388. The number of sulfonamides is 1. The number of hydrogen-bond acceptors (Lipinski definition) is 8. The second-order valence-electron chi connectivity index (χ2n) is 8.89. The number of carbonyl (C=O) groups excluding carboxylic acids is 2. The van der Waals surface area contributed by atoms with Crippen molar-refractivity contribution in [1.29, 1.82) is 0 Å². The quantitative estimate of drug-likeness (QED) is 0.317. The van der Waals surface area contributed by atoms with Crippen molar-refractivity contribution in [1.82, 2.24) is 9.37 Å². The molecule has 2 amide bonds. The lowest BCUT2D eigenvalue weighted by Gasteiger charge is -2.42. The highest BCUT2D eigenvalue weighted by Gasteiger charge is 2.46. The number of primary amides is 1. The van der Waals surface area contributed by atoms with Gasteiger partial charge in [0, 0.05) is 12.6 Å². The zero-order valence-electron chi connectivity index (χ0n) is 20.3. The predicted molar refractivity (Wildman–Crippen MR) is 126 cm³/mol. The molecule has 2 N–H and O–H groups in total. The second kappa shape index (κ2) is 10.5. The Bertz CT molecular complexity index is 1160. The first-order valence-electron chi connectivity index (χ1n) is 10.6. The summed E-state index contributed by atoms with van der Waals surface area (Å²) in [6.45, 7) is 10.9. The van der Waals surface area contributed by atoms with Crippen LogP contribution in [0.1, 0.15) is 34.6 Å². The van der Waals surface area contributed by atoms with Crippen molar-refractivity contribution in [2.24, 2.45) is 5.73 Å². The summed E-state index contributed by atoms with van der Waals surface area (Å²) in [6.07, 6.45) is 0.416. The summed E-state index contributed by atoms with van der Waals surface area (Å²) >= 11 is 0. The normalized spacial score (nSPS) is 19.0. The van der Waals surface area contributed by atoms with Gasteiger partial charge in [-0.2, -0.15) is 0 Å². The van der Waals surface area contributed by atoms with E-state index in [4.69, 9.17) is 15.3 Å². The van der Waals surface area contributed by atoms with Crippen LogP contribution in [0.15, 0.2) is 53.0 Å². The lowest BCUT2D eigenvalue weighted by Crippen LogP contribution is -2.59. The van der Waals surface area contributed by atoms with Gasteiger partial charge in [-0.05, 0) is 51.8 Å².